The number of carbonyl (C=O) groups is 1. The highest BCUT2D eigenvalue weighted by Gasteiger charge is 2.08. The Morgan fingerprint density at radius 3 is 2.53 bits per heavy atom. The van der Waals surface area contributed by atoms with Gasteiger partial charge in [-0.2, -0.15) is 0 Å². The van der Waals surface area contributed by atoms with E-state index in [0.717, 1.165) is 5.56 Å². The molecule has 0 heterocycles. The zero-order chi connectivity index (χ0) is 13.8. The fourth-order valence-electron chi connectivity index (χ4n) is 1.67. The second-order valence-electron chi connectivity index (χ2n) is 4.09. The lowest BCUT2D eigenvalue weighted by Crippen LogP contribution is -2.01. The minimum atomic E-state index is -0.0234. The van der Waals surface area contributed by atoms with Crippen LogP contribution in [0.15, 0.2) is 42.5 Å². The smallest absolute Gasteiger partial charge is 0.163 e. The van der Waals surface area contributed by atoms with Crippen molar-refractivity contribution in [2.75, 3.05) is 0 Å². The van der Waals surface area contributed by atoms with Crippen molar-refractivity contribution < 1.29 is 9.53 Å². The van der Waals surface area contributed by atoms with Crippen molar-refractivity contribution in [3.8, 4) is 5.75 Å². The third-order valence-electron chi connectivity index (χ3n) is 2.64. The van der Waals surface area contributed by atoms with E-state index in [9.17, 15) is 4.79 Å². The number of benzene rings is 2. The van der Waals surface area contributed by atoms with Crippen molar-refractivity contribution in [1.29, 1.82) is 0 Å². The highest BCUT2D eigenvalue weighted by Crippen LogP contribution is 2.24. The van der Waals surface area contributed by atoms with Crippen molar-refractivity contribution in [3.63, 3.8) is 0 Å². The normalized spacial score (nSPS) is 10.3. The SMILES string of the molecule is CC(=O)c1ccccc1OCc1ccc(Cl)c(Cl)c1. The van der Waals surface area contributed by atoms with E-state index >= 15 is 0 Å². The van der Waals surface area contributed by atoms with E-state index in [-0.39, 0.29) is 5.78 Å². The topological polar surface area (TPSA) is 26.3 Å². The first kappa shape index (κ1) is 13.9. The van der Waals surface area contributed by atoms with Crippen LogP contribution in [0.25, 0.3) is 0 Å². The number of Topliss-reactive ketones (excluding diaryl/α,β-unsaturated/α-hetero) is 1. The van der Waals surface area contributed by atoms with Crippen molar-refractivity contribution >= 4 is 29.0 Å². The van der Waals surface area contributed by atoms with Gasteiger partial charge >= 0.3 is 0 Å². The number of hydrogen-bond acceptors (Lipinski definition) is 2. The number of carbonyl (C=O) groups excluding carboxylic acids is 1. The molecule has 19 heavy (non-hydrogen) atoms. The Hall–Kier alpha value is -1.51. The molecule has 98 valence electrons. The molecule has 0 aromatic heterocycles. The number of rotatable bonds is 4. The minimum absolute atomic E-state index is 0.0234. The van der Waals surface area contributed by atoms with Gasteiger partial charge in [0.25, 0.3) is 0 Å². The number of hydrogen-bond donors (Lipinski definition) is 0. The maximum atomic E-state index is 11.5. The summed E-state index contributed by atoms with van der Waals surface area (Å²) < 4.78 is 5.66. The van der Waals surface area contributed by atoms with Crippen LogP contribution in [0.5, 0.6) is 5.75 Å². The van der Waals surface area contributed by atoms with Crippen LogP contribution in [0.3, 0.4) is 0 Å². The highest BCUT2D eigenvalue weighted by atomic mass is 35.5. The summed E-state index contributed by atoms with van der Waals surface area (Å²) in [5.41, 5.74) is 1.47. The van der Waals surface area contributed by atoms with Crippen LogP contribution in [0.4, 0.5) is 0 Å². The standard InChI is InChI=1S/C15H12Cl2O2/c1-10(18)12-4-2-3-5-15(12)19-9-11-6-7-13(16)14(17)8-11/h2-8H,9H2,1H3. The third kappa shape index (κ3) is 3.49. The molecule has 2 aromatic rings. The van der Waals surface area contributed by atoms with Gasteiger partial charge in [0, 0.05) is 0 Å². The second-order valence-corrected chi connectivity index (χ2v) is 4.90. The van der Waals surface area contributed by atoms with E-state index in [4.69, 9.17) is 27.9 Å². The lowest BCUT2D eigenvalue weighted by molar-refractivity contribution is 0.101. The molecule has 2 aromatic carbocycles. The molecule has 0 saturated carbocycles. The average molecular weight is 295 g/mol. The molecular formula is C15H12Cl2O2. The van der Waals surface area contributed by atoms with E-state index < -0.39 is 0 Å². The summed E-state index contributed by atoms with van der Waals surface area (Å²) in [6.45, 7) is 1.85. The van der Waals surface area contributed by atoms with Crippen molar-refractivity contribution in [1.82, 2.24) is 0 Å². The van der Waals surface area contributed by atoms with Gasteiger partial charge in [-0.1, -0.05) is 41.4 Å². The quantitative estimate of drug-likeness (QED) is 0.759. The summed E-state index contributed by atoms with van der Waals surface area (Å²) in [5, 5.41) is 0.997. The monoisotopic (exact) mass is 294 g/mol. The van der Waals surface area contributed by atoms with Gasteiger partial charge in [-0.15, -0.1) is 0 Å². The van der Waals surface area contributed by atoms with Gasteiger partial charge in [-0.05, 0) is 36.8 Å². The Labute approximate surface area is 121 Å². The van der Waals surface area contributed by atoms with Crippen LogP contribution >= 0.6 is 23.2 Å². The predicted octanol–water partition coefficient (Wildman–Crippen LogP) is 4.78. The molecule has 4 heteroatoms. The lowest BCUT2D eigenvalue weighted by atomic mass is 10.1. The number of ketones is 1. The first-order chi connectivity index (χ1) is 9.08. The Morgan fingerprint density at radius 1 is 1.11 bits per heavy atom. The Bertz CT molecular complexity index is 609. The van der Waals surface area contributed by atoms with E-state index in [2.05, 4.69) is 0 Å². The number of para-hydroxylation sites is 1. The Kier molecular flexibility index (Phi) is 4.46. The van der Waals surface area contributed by atoms with E-state index in [1.807, 2.05) is 18.2 Å². The summed E-state index contributed by atoms with van der Waals surface area (Å²) in [7, 11) is 0. The molecule has 2 rings (SSSR count). The van der Waals surface area contributed by atoms with Crippen LogP contribution in [-0.4, -0.2) is 5.78 Å². The molecule has 0 aliphatic carbocycles. The predicted molar refractivity (Wildman–Crippen MR) is 77.2 cm³/mol. The largest absolute Gasteiger partial charge is 0.488 e. The van der Waals surface area contributed by atoms with E-state index in [0.29, 0.717) is 28.0 Å². The molecule has 0 fully saturated rings. The number of ether oxygens (including phenoxy) is 1. The van der Waals surface area contributed by atoms with Crippen LogP contribution < -0.4 is 4.74 Å². The fraction of sp³-hybridized carbons (Fsp3) is 0.133. The summed E-state index contributed by atoms with van der Waals surface area (Å²) in [4.78, 5) is 11.5. The molecule has 0 saturated heterocycles. The molecule has 0 aliphatic heterocycles. The fourth-order valence-corrected chi connectivity index (χ4v) is 1.99. The molecule has 0 amide bonds. The molecule has 2 nitrogen and oxygen atoms in total. The maximum Gasteiger partial charge on any atom is 0.163 e. The van der Waals surface area contributed by atoms with E-state index in [1.54, 1.807) is 24.3 Å². The molecule has 0 N–H and O–H groups in total. The Balaban J connectivity index is 2.14. The van der Waals surface area contributed by atoms with Crippen molar-refractivity contribution in [3.05, 3.63) is 63.6 Å². The first-order valence-corrected chi connectivity index (χ1v) is 6.50. The summed E-state index contributed by atoms with van der Waals surface area (Å²) in [6, 6.07) is 12.5. The summed E-state index contributed by atoms with van der Waals surface area (Å²) in [5.74, 6) is 0.547. The summed E-state index contributed by atoms with van der Waals surface area (Å²) >= 11 is 11.8. The van der Waals surface area contributed by atoms with Crippen molar-refractivity contribution in [2.45, 2.75) is 13.5 Å². The third-order valence-corrected chi connectivity index (χ3v) is 3.38. The summed E-state index contributed by atoms with van der Waals surface area (Å²) in [6.07, 6.45) is 0. The van der Waals surface area contributed by atoms with Gasteiger partial charge in [0.2, 0.25) is 0 Å². The van der Waals surface area contributed by atoms with Crippen LogP contribution in [0.1, 0.15) is 22.8 Å². The van der Waals surface area contributed by atoms with Gasteiger partial charge in [-0.3, -0.25) is 4.79 Å². The van der Waals surface area contributed by atoms with Gasteiger partial charge in [0.05, 0.1) is 15.6 Å². The lowest BCUT2D eigenvalue weighted by Gasteiger charge is -2.10. The van der Waals surface area contributed by atoms with Crippen LogP contribution in [-0.2, 0) is 6.61 Å². The molecule has 0 spiro atoms. The average Bonchev–Trinajstić information content (AvgIpc) is 2.40. The molecule has 0 radical (unpaired) electrons. The van der Waals surface area contributed by atoms with Gasteiger partial charge in [0.1, 0.15) is 12.4 Å². The Morgan fingerprint density at radius 2 is 1.84 bits per heavy atom. The van der Waals surface area contributed by atoms with E-state index in [1.165, 1.54) is 6.92 Å². The van der Waals surface area contributed by atoms with Crippen LogP contribution in [0.2, 0.25) is 10.0 Å². The number of halogens is 2. The molecular weight excluding hydrogens is 283 g/mol. The van der Waals surface area contributed by atoms with Gasteiger partial charge in [0.15, 0.2) is 5.78 Å². The maximum absolute atomic E-state index is 11.5. The zero-order valence-electron chi connectivity index (χ0n) is 10.3. The van der Waals surface area contributed by atoms with Gasteiger partial charge < -0.3 is 4.74 Å². The van der Waals surface area contributed by atoms with Gasteiger partial charge in [-0.25, -0.2) is 0 Å². The molecule has 0 atom stereocenters. The highest BCUT2D eigenvalue weighted by molar-refractivity contribution is 6.42. The molecule has 0 bridgehead atoms. The second kappa shape index (κ2) is 6.09. The first-order valence-electron chi connectivity index (χ1n) is 5.74. The minimum Gasteiger partial charge on any atom is -0.488 e. The van der Waals surface area contributed by atoms with Crippen LogP contribution in [0, 0.1) is 0 Å². The molecule has 0 aliphatic rings. The van der Waals surface area contributed by atoms with Crippen molar-refractivity contribution in [2.24, 2.45) is 0 Å². The molecule has 0 unspecified atom stereocenters. The zero-order valence-corrected chi connectivity index (χ0v) is 11.8.